The molecule has 162 valence electrons. The first-order chi connectivity index (χ1) is 14.8. The second-order valence-electron chi connectivity index (χ2n) is 7.61. The monoisotopic (exact) mass is 474 g/mol. The molecule has 0 spiro atoms. The van der Waals surface area contributed by atoms with E-state index in [1.54, 1.807) is 28.4 Å². The van der Waals surface area contributed by atoms with Gasteiger partial charge < -0.3 is 4.90 Å². The van der Waals surface area contributed by atoms with E-state index in [0.29, 0.717) is 18.7 Å². The molecular weight excluding hydrogens is 452 g/mol. The van der Waals surface area contributed by atoms with Gasteiger partial charge in [-0.1, -0.05) is 35.9 Å². The van der Waals surface area contributed by atoms with Crippen molar-refractivity contribution in [2.24, 2.45) is 0 Å². The predicted molar refractivity (Wildman–Crippen MR) is 125 cm³/mol. The maximum atomic E-state index is 12.8. The van der Waals surface area contributed by atoms with E-state index in [4.69, 9.17) is 11.6 Å². The van der Waals surface area contributed by atoms with E-state index in [9.17, 15) is 13.2 Å². The molecule has 2 heterocycles. The lowest BCUT2D eigenvalue weighted by molar-refractivity contribution is 0.0629. The van der Waals surface area contributed by atoms with Gasteiger partial charge in [0.15, 0.2) is 9.84 Å². The quantitative estimate of drug-likeness (QED) is 0.549. The number of carbonyl (C=O) groups excluding carboxylic acids is 1. The Balaban J connectivity index is 1.36. The molecule has 3 aromatic rings. The first-order valence-electron chi connectivity index (χ1n) is 9.96. The molecule has 0 saturated carbocycles. The van der Waals surface area contributed by atoms with Crippen molar-refractivity contribution in [1.29, 1.82) is 0 Å². The molecule has 2 aromatic carbocycles. The molecule has 0 radical (unpaired) electrons. The normalized spacial score (nSPS) is 15.2. The Bertz CT molecular complexity index is 1200. The summed E-state index contributed by atoms with van der Waals surface area (Å²) in [5, 5.41) is 0.753. The average molecular weight is 475 g/mol. The van der Waals surface area contributed by atoms with Crippen LogP contribution in [0.25, 0.3) is 10.4 Å². The van der Waals surface area contributed by atoms with E-state index in [0.717, 1.165) is 41.4 Å². The van der Waals surface area contributed by atoms with Crippen LogP contribution in [0, 0.1) is 0 Å². The van der Waals surface area contributed by atoms with E-state index in [-0.39, 0.29) is 10.8 Å². The minimum Gasteiger partial charge on any atom is -0.336 e. The van der Waals surface area contributed by atoms with Crippen molar-refractivity contribution in [3.63, 3.8) is 0 Å². The van der Waals surface area contributed by atoms with Crippen LogP contribution in [0.4, 0.5) is 0 Å². The fourth-order valence-electron chi connectivity index (χ4n) is 3.64. The molecule has 1 aliphatic rings. The lowest BCUT2D eigenvalue weighted by atomic mass is 10.2. The summed E-state index contributed by atoms with van der Waals surface area (Å²) < 4.78 is 23.5. The zero-order chi connectivity index (χ0) is 22.0. The molecule has 0 aliphatic carbocycles. The molecular formula is C23H23ClN2O3S2. The highest BCUT2D eigenvalue weighted by Gasteiger charge is 2.23. The number of piperazine rings is 1. The van der Waals surface area contributed by atoms with Crippen LogP contribution < -0.4 is 0 Å². The fourth-order valence-corrected chi connectivity index (χ4v) is 5.69. The van der Waals surface area contributed by atoms with Crippen LogP contribution in [-0.2, 0) is 16.4 Å². The van der Waals surface area contributed by atoms with Crippen LogP contribution in [-0.4, -0.2) is 56.6 Å². The van der Waals surface area contributed by atoms with Gasteiger partial charge in [0.2, 0.25) is 0 Å². The molecule has 1 aromatic heterocycles. The smallest absolute Gasteiger partial charge is 0.253 e. The number of sulfone groups is 1. The third kappa shape index (κ3) is 5.18. The summed E-state index contributed by atoms with van der Waals surface area (Å²) in [7, 11) is -3.34. The van der Waals surface area contributed by atoms with Crippen LogP contribution in [0.3, 0.4) is 0 Å². The highest BCUT2D eigenvalue weighted by Crippen LogP contribution is 2.33. The Hall–Kier alpha value is -2.19. The van der Waals surface area contributed by atoms with Crippen molar-refractivity contribution < 1.29 is 13.2 Å². The number of hydrogen-bond acceptors (Lipinski definition) is 5. The lowest BCUT2D eigenvalue weighted by Gasteiger charge is -2.34. The van der Waals surface area contributed by atoms with Gasteiger partial charge in [-0.3, -0.25) is 9.69 Å². The van der Waals surface area contributed by atoms with E-state index in [1.807, 2.05) is 24.3 Å². The van der Waals surface area contributed by atoms with Crippen molar-refractivity contribution in [3.8, 4) is 10.4 Å². The van der Waals surface area contributed by atoms with Crippen LogP contribution in [0.5, 0.6) is 0 Å². The highest BCUT2D eigenvalue weighted by atomic mass is 35.5. The van der Waals surface area contributed by atoms with E-state index in [1.165, 1.54) is 17.0 Å². The van der Waals surface area contributed by atoms with Gasteiger partial charge in [-0.2, -0.15) is 0 Å². The first kappa shape index (κ1) is 22.0. The third-order valence-electron chi connectivity index (χ3n) is 5.35. The van der Waals surface area contributed by atoms with Gasteiger partial charge >= 0.3 is 0 Å². The summed E-state index contributed by atoms with van der Waals surface area (Å²) in [6, 6.07) is 18.4. The van der Waals surface area contributed by atoms with Crippen LogP contribution in [0.1, 0.15) is 15.2 Å². The lowest BCUT2D eigenvalue weighted by Crippen LogP contribution is -2.48. The summed E-state index contributed by atoms with van der Waals surface area (Å²) in [6.45, 7) is 3.61. The topological polar surface area (TPSA) is 57.7 Å². The van der Waals surface area contributed by atoms with Crippen molar-refractivity contribution in [1.82, 2.24) is 9.80 Å². The Labute approximate surface area is 191 Å². The molecule has 8 heteroatoms. The van der Waals surface area contributed by atoms with E-state index >= 15 is 0 Å². The zero-order valence-corrected chi connectivity index (χ0v) is 19.5. The van der Waals surface area contributed by atoms with Crippen LogP contribution in [0.2, 0.25) is 5.02 Å². The van der Waals surface area contributed by atoms with Gasteiger partial charge in [-0.15, -0.1) is 11.3 Å². The number of carbonyl (C=O) groups is 1. The van der Waals surface area contributed by atoms with E-state index in [2.05, 4.69) is 17.0 Å². The maximum absolute atomic E-state index is 12.8. The van der Waals surface area contributed by atoms with Gasteiger partial charge in [-0.05, 0) is 36.4 Å². The first-order valence-corrected chi connectivity index (χ1v) is 13.1. The second kappa shape index (κ2) is 9.12. The van der Waals surface area contributed by atoms with Crippen LogP contribution >= 0.6 is 22.9 Å². The fraction of sp³-hybridized carbons (Fsp3) is 0.261. The number of rotatable bonds is 5. The summed E-state index contributed by atoms with van der Waals surface area (Å²) in [5.41, 5.74) is 1.46. The molecule has 0 unspecified atom stereocenters. The summed E-state index contributed by atoms with van der Waals surface area (Å²) in [4.78, 5) is 19.5. The number of hydrogen-bond donors (Lipinski definition) is 0. The number of nitrogens with zero attached hydrogens (tertiary/aromatic N) is 2. The summed E-state index contributed by atoms with van der Waals surface area (Å²) in [6.07, 6.45) is 1.15. The summed E-state index contributed by atoms with van der Waals surface area (Å²) >= 11 is 8.05. The molecule has 0 N–H and O–H groups in total. The number of amides is 1. The zero-order valence-electron chi connectivity index (χ0n) is 17.1. The molecule has 31 heavy (non-hydrogen) atoms. The van der Waals surface area contributed by atoms with Crippen molar-refractivity contribution in [2.75, 3.05) is 32.4 Å². The molecule has 1 saturated heterocycles. The molecule has 4 rings (SSSR count). The SMILES string of the molecule is CS(=O)(=O)c1cccc(C(=O)N2CCN(Cc3ccc(-c4ccccc4Cl)s3)CC2)c1. The molecule has 1 fully saturated rings. The van der Waals surface area contributed by atoms with Gasteiger partial charge in [0.05, 0.1) is 4.90 Å². The predicted octanol–water partition coefficient (Wildman–Crippen LogP) is 4.43. The van der Waals surface area contributed by atoms with Crippen molar-refractivity contribution >= 4 is 38.7 Å². The second-order valence-corrected chi connectivity index (χ2v) is 11.2. The van der Waals surface area contributed by atoms with Gasteiger partial charge in [-0.25, -0.2) is 8.42 Å². The summed E-state index contributed by atoms with van der Waals surface area (Å²) in [5.74, 6) is -0.123. The average Bonchev–Trinajstić information content (AvgIpc) is 3.22. The van der Waals surface area contributed by atoms with Crippen molar-refractivity contribution in [3.05, 3.63) is 76.1 Å². The van der Waals surface area contributed by atoms with Gasteiger partial charge in [0.1, 0.15) is 0 Å². The van der Waals surface area contributed by atoms with E-state index < -0.39 is 9.84 Å². The van der Waals surface area contributed by atoms with Gasteiger partial charge in [0.25, 0.3) is 5.91 Å². The molecule has 1 aliphatic heterocycles. The molecule has 1 amide bonds. The largest absolute Gasteiger partial charge is 0.336 e. The Morgan fingerprint density at radius 2 is 1.74 bits per heavy atom. The van der Waals surface area contributed by atoms with Gasteiger partial charge in [0, 0.05) is 64.9 Å². The number of benzene rings is 2. The minimum atomic E-state index is -3.34. The standard InChI is InChI=1S/C23H23ClN2O3S2/c1-31(28,29)19-6-4-5-17(15-19)23(27)26-13-11-25(12-14-26)16-18-9-10-22(30-18)20-7-2-3-8-21(20)24/h2-10,15H,11-14,16H2,1H3. The molecule has 0 bridgehead atoms. The van der Waals surface area contributed by atoms with Crippen molar-refractivity contribution in [2.45, 2.75) is 11.4 Å². The minimum absolute atomic E-state index is 0.123. The Morgan fingerprint density at radius 3 is 2.45 bits per heavy atom. The van der Waals surface area contributed by atoms with Crippen LogP contribution in [0.15, 0.2) is 65.6 Å². The maximum Gasteiger partial charge on any atom is 0.253 e. The highest BCUT2D eigenvalue weighted by molar-refractivity contribution is 7.90. The molecule has 5 nitrogen and oxygen atoms in total. The third-order valence-corrected chi connectivity index (χ3v) is 7.89. The Morgan fingerprint density at radius 1 is 1.00 bits per heavy atom. The number of halogens is 1. The molecule has 0 atom stereocenters. The Kier molecular flexibility index (Phi) is 6.48. The number of thiophene rings is 1.